The highest BCUT2D eigenvalue weighted by atomic mass is 16.5. The predicted octanol–water partition coefficient (Wildman–Crippen LogP) is 1.37. The quantitative estimate of drug-likeness (QED) is 0.473. The lowest BCUT2D eigenvalue weighted by Gasteiger charge is -2.23. The van der Waals surface area contributed by atoms with E-state index in [2.05, 4.69) is 6.58 Å². The zero-order valence-electron chi connectivity index (χ0n) is 4.26. The summed E-state index contributed by atoms with van der Waals surface area (Å²) in [5, 5.41) is 0. The Morgan fingerprint density at radius 2 is 2.71 bits per heavy atom. The highest BCUT2D eigenvalue weighted by Gasteiger charge is 2.16. The Morgan fingerprint density at radius 3 is 2.86 bits per heavy atom. The first-order chi connectivity index (χ1) is 3.43. The van der Waals surface area contributed by atoms with Crippen molar-refractivity contribution < 1.29 is 4.74 Å². The summed E-state index contributed by atoms with van der Waals surface area (Å²) in [7, 11) is 0. The number of hydrogen-bond acceptors (Lipinski definition) is 1. The molecule has 1 heterocycles. The third kappa shape index (κ3) is 1.03. The number of ether oxygens (including phenoxy) is 1. The molecular formula is C6H9O. The van der Waals surface area contributed by atoms with Crippen molar-refractivity contribution in [1.29, 1.82) is 0 Å². The maximum atomic E-state index is 4.81. The minimum atomic E-state index is 0.664. The second kappa shape index (κ2) is 2.12. The third-order valence-electron chi connectivity index (χ3n) is 1.07. The lowest BCUT2D eigenvalue weighted by Crippen LogP contribution is -2.20. The Kier molecular flexibility index (Phi) is 1.47. The van der Waals surface area contributed by atoms with Crippen LogP contribution in [0, 0.1) is 12.5 Å². The van der Waals surface area contributed by atoms with Crippen LogP contribution < -0.4 is 0 Å². The summed E-state index contributed by atoms with van der Waals surface area (Å²) in [6, 6.07) is 0. The molecule has 1 atom stereocenters. The second-order valence-corrected chi connectivity index (χ2v) is 1.75. The molecule has 0 aromatic rings. The van der Waals surface area contributed by atoms with Crippen LogP contribution in [0.2, 0.25) is 0 Å². The van der Waals surface area contributed by atoms with E-state index in [1.54, 1.807) is 0 Å². The molecular weight excluding hydrogens is 88.1 g/mol. The van der Waals surface area contributed by atoms with Gasteiger partial charge in [-0.25, -0.2) is 0 Å². The van der Waals surface area contributed by atoms with Crippen LogP contribution in [0.1, 0.15) is 6.42 Å². The van der Waals surface area contributed by atoms with Crippen molar-refractivity contribution in [2.45, 2.75) is 6.42 Å². The normalized spacial score (nSPS) is 21.1. The van der Waals surface area contributed by atoms with E-state index >= 15 is 0 Å². The maximum absolute atomic E-state index is 4.81. The van der Waals surface area contributed by atoms with Crippen molar-refractivity contribution in [2.75, 3.05) is 6.61 Å². The van der Waals surface area contributed by atoms with Gasteiger partial charge in [-0.3, -0.25) is 0 Å². The fraction of sp³-hybridized carbons (Fsp3) is 0.500. The summed E-state index contributed by atoms with van der Waals surface area (Å²) in [5.41, 5.74) is 0. The van der Waals surface area contributed by atoms with Crippen LogP contribution in [0.15, 0.2) is 12.7 Å². The van der Waals surface area contributed by atoms with Crippen LogP contribution in [0.5, 0.6) is 0 Å². The Labute approximate surface area is 44.0 Å². The van der Waals surface area contributed by atoms with Crippen LogP contribution >= 0.6 is 0 Å². The molecule has 1 saturated heterocycles. The first kappa shape index (κ1) is 4.85. The van der Waals surface area contributed by atoms with Crippen LogP contribution in [0.25, 0.3) is 0 Å². The number of allylic oxidation sites excluding steroid dienone is 1. The van der Waals surface area contributed by atoms with Crippen LogP contribution in [-0.4, -0.2) is 6.61 Å². The van der Waals surface area contributed by atoms with E-state index in [1.807, 2.05) is 12.7 Å². The Balaban J connectivity index is 2.03. The van der Waals surface area contributed by atoms with Gasteiger partial charge < -0.3 is 4.74 Å². The third-order valence-corrected chi connectivity index (χ3v) is 1.07. The molecule has 0 N–H and O–H groups in total. The molecule has 1 aliphatic heterocycles. The summed E-state index contributed by atoms with van der Waals surface area (Å²) >= 11 is 0. The van der Waals surface area contributed by atoms with Crippen LogP contribution in [-0.2, 0) is 4.74 Å². The van der Waals surface area contributed by atoms with Gasteiger partial charge in [0.1, 0.15) is 0 Å². The Morgan fingerprint density at radius 1 is 2.00 bits per heavy atom. The van der Waals surface area contributed by atoms with E-state index in [1.165, 1.54) is 0 Å². The number of hydrogen-bond donors (Lipinski definition) is 0. The molecule has 0 aromatic carbocycles. The molecule has 1 nitrogen and oxygen atoms in total. The standard InChI is InChI=1S/C6H9O/c1-2-3-6-4-7-5-6/h2,4,6H,1,3,5H2. The molecule has 1 fully saturated rings. The van der Waals surface area contributed by atoms with Gasteiger partial charge in [-0.2, -0.15) is 0 Å². The molecule has 39 valence electrons. The molecule has 0 bridgehead atoms. The van der Waals surface area contributed by atoms with E-state index in [-0.39, 0.29) is 0 Å². The summed E-state index contributed by atoms with van der Waals surface area (Å²) in [6.07, 6.45) is 2.99. The molecule has 1 heteroatoms. The van der Waals surface area contributed by atoms with Crippen LogP contribution in [0.3, 0.4) is 0 Å². The topological polar surface area (TPSA) is 9.23 Å². The van der Waals surface area contributed by atoms with Crippen molar-refractivity contribution >= 4 is 0 Å². The fourth-order valence-corrected chi connectivity index (χ4v) is 0.570. The van der Waals surface area contributed by atoms with Gasteiger partial charge in [0.2, 0.25) is 0 Å². The average molecular weight is 97.1 g/mol. The monoisotopic (exact) mass is 97.1 g/mol. The molecule has 0 amide bonds. The lowest BCUT2D eigenvalue weighted by molar-refractivity contribution is 0.0374. The van der Waals surface area contributed by atoms with Gasteiger partial charge >= 0.3 is 0 Å². The molecule has 0 spiro atoms. The summed E-state index contributed by atoms with van der Waals surface area (Å²) in [6.45, 7) is 6.36. The van der Waals surface area contributed by atoms with Crippen molar-refractivity contribution in [3.05, 3.63) is 19.3 Å². The van der Waals surface area contributed by atoms with E-state index in [0.29, 0.717) is 5.92 Å². The molecule has 0 aliphatic carbocycles. The molecule has 1 unspecified atom stereocenters. The molecule has 7 heavy (non-hydrogen) atoms. The maximum Gasteiger partial charge on any atom is 0.0893 e. The summed E-state index contributed by atoms with van der Waals surface area (Å²) in [4.78, 5) is 0. The predicted molar refractivity (Wildman–Crippen MR) is 28.6 cm³/mol. The highest BCUT2D eigenvalue weighted by molar-refractivity contribution is 4.83. The lowest BCUT2D eigenvalue weighted by atomic mass is 10.1. The zero-order chi connectivity index (χ0) is 5.11. The van der Waals surface area contributed by atoms with Gasteiger partial charge in [-0.1, -0.05) is 6.08 Å². The summed E-state index contributed by atoms with van der Waals surface area (Å²) < 4.78 is 4.81. The number of rotatable bonds is 2. The van der Waals surface area contributed by atoms with Crippen molar-refractivity contribution in [2.24, 2.45) is 5.92 Å². The molecule has 1 radical (unpaired) electrons. The molecule has 0 aromatic heterocycles. The van der Waals surface area contributed by atoms with Gasteiger partial charge in [0.25, 0.3) is 0 Å². The SMILES string of the molecule is C=CCC1[CH]OC1. The minimum Gasteiger partial charge on any atom is -0.375 e. The highest BCUT2D eigenvalue weighted by Crippen LogP contribution is 2.18. The van der Waals surface area contributed by atoms with E-state index in [9.17, 15) is 0 Å². The van der Waals surface area contributed by atoms with E-state index < -0.39 is 0 Å². The van der Waals surface area contributed by atoms with Gasteiger partial charge in [0, 0.05) is 5.92 Å². The van der Waals surface area contributed by atoms with E-state index in [0.717, 1.165) is 13.0 Å². The first-order valence-electron chi connectivity index (χ1n) is 2.49. The summed E-state index contributed by atoms with van der Waals surface area (Å²) in [5.74, 6) is 0.664. The fourth-order valence-electron chi connectivity index (χ4n) is 0.570. The Bertz CT molecular complexity index is 64.6. The molecule has 1 aliphatic rings. The second-order valence-electron chi connectivity index (χ2n) is 1.75. The van der Waals surface area contributed by atoms with Gasteiger partial charge in [0.05, 0.1) is 13.2 Å². The van der Waals surface area contributed by atoms with Crippen molar-refractivity contribution in [3.8, 4) is 0 Å². The smallest absolute Gasteiger partial charge is 0.0893 e. The minimum absolute atomic E-state index is 0.664. The van der Waals surface area contributed by atoms with Gasteiger partial charge in [-0.05, 0) is 6.42 Å². The largest absolute Gasteiger partial charge is 0.375 e. The first-order valence-corrected chi connectivity index (χ1v) is 2.49. The van der Waals surface area contributed by atoms with Gasteiger partial charge in [0.15, 0.2) is 0 Å². The van der Waals surface area contributed by atoms with Crippen LogP contribution in [0.4, 0.5) is 0 Å². The van der Waals surface area contributed by atoms with Gasteiger partial charge in [-0.15, -0.1) is 6.58 Å². The average Bonchev–Trinajstić information content (AvgIpc) is 1.55. The zero-order valence-corrected chi connectivity index (χ0v) is 4.26. The van der Waals surface area contributed by atoms with Crippen molar-refractivity contribution in [1.82, 2.24) is 0 Å². The van der Waals surface area contributed by atoms with Crippen molar-refractivity contribution in [3.63, 3.8) is 0 Å². The Hall–Kier alpha value is -0.300. The van der Waals surface area contributed by atoms with E-state index in [4.69, 9.17) is 4.74 Å². The molecule has 0 saturated carbocycles. The molecule has 1 rings (SSSR count).